The standard InChI is InChI=1S/C25H22N4O2/c1-16(31-2)23(18-11-8-14-27-15-18)29-25(30)21-19-12-6-7-13-20(19)28-24(22(21)26)17-9-4-3-5-10-17/h3-15,23H,1,26H2,2H3,(H,29,30). The van der Waals surface area contributed by atoms with Gasteiger partial charge in [-0.2, -0.15) is 0 Å². The molecule has 6 nitrogen and oxygen atoms in total. The van der Waals surface area contributed by atoms with Crippen LogP contribution >= 0.6 is 0 Å². The number of nitrogens with zero attached hydrogens (tertiary/aromatic N) is 2. The zero-order chi connectivity index (χ0) is 21.8. The molecule has 31 heavy (non-hydrogen) atoms. The van der Waals surface area contributed by atoms with Crippen molar-refractivity contribution >= 4 is 22.5 Å². The van der Waals surface area contributed by atoms with Gasteiger partial charge in [0.2, 0.25) is 0 Å². The first-order valence-electron chi connectivity index (χ1n) is 9.77. The van der Waals surface area contributed by atoms with Gasteiger partial charge >= 0.3 is 0 Å². The maximum Gasteiger partial charge on any atom is 0.255 e. The van der Waals surface area contributed by atoms with Gasteiger partial charge in [-0.1, -0.05) is 61.2 Å². The number of amides is 1. The van der Waals surface area contributed by atoms with Crippen LogP contribution in [0.15, 0.2) is 91.5 Å². The number of para-hydroxylation sites is 1. The molecule has 1 amide bonds. The van der Waals surface area contributed by atoms with E-state index in [4.69, 9.17) is 15.5 Å². The number of methoxy groups -OCH3 is 1. The van der Waals surface area contributed by atoms with Crippen LogP contribution in [0.2, 0.25) is 0 Å². The molecule has 0 aliphatic heterocycles. The molecular weight excluding hydrogens is 388 g/mol. The fourth-order valence-electron chi connectivity index (χ4n) is 3.50. The van der Waals surface area contributed by atoms with Crippen LogP contribution in [-0.4, -0.2) is 23.0 Å². The molecule has 3 N–H and O–H groups in total. The molecule has 0 aliphatic carbocycles. The number of ether oxygens (including phenoxy) is 1. The summed E-state index contributed by atoms with van der Waals surface area (Å²) in [5.41, 5.74) is 10.0. The number of nitrogens with one attached hydrogen (secondary N) is 1. The van der Waals surface area contributed by atoms with E-state index in [1.807, 2.05) is 60.7 Å². The molecule has 2 aromatic heterocycles. The number of benzene rings is 2. The average Bonchev–Trinajstić information content (AvgIpc) is 2.82. The minimum Gasteiger partial charge on any atom is -0.499 e. The largest absolute Gasteiger partial charge is 0.499 e. The number of carbonyl (C=O) groups excluding carboxylic acids is 1. The van der Waals surface area contributed by atoms with E-state index >= 15 is 0 Å². The molecule has 1 unspecified atom stereocenters. The van der Waals surface area contributed by atoms with Gasteiger partial charge in [0.15, 0.2) is 0 Å². The summed E-state index contributed by atoms with van der Waals surface area (Å²) >= 11 is 0. The zero-order valence-corrected chi connectivity index (χ0v) is 17.1. The fraction of sp³-hybridized carbons (Fsp3) is 0.0800. The third-order valence-electron chi connectivity index (χ3n) is 5.08. The Balaban J connectivity index is 1.83. The molecule has 0 saturated heterocycles. The number of fused-ring (bicyclic) bond motifs is 1. The number of nitrogens with two attached hydrogens (primary N) is 1. The molecule has 0 fully saturated rings. The highest BCUT2D eigenvalue weighted by atomic mass is 16.5. The minimum absolute atomic E-state index is 0.315. The fourth-order valence-corrected chi connectivity index (χ4v) is 3.50. The smallest absolute Gasteiger partial charge is 0.255 e. The molecule has 2 aromatic carbocycles. The molecule has 1 atom stereocenters. The van der Waals surface area contributed by atoms with Gasteiger partial charge in [-0.25, -0.2) is 4.98 Å². The predicted octanol–water partition coefficient (Wildman–Crippen LogP) is 4.51. The Kier molecular flexibility index (Phi) is 5.62. The van der Waals surface area contributed by atoms with E-state index in [1.54, 1.807) is 18.5 Å². The van der Waals surface area contributed by atoms with E-state index in [-0.39, 0.29) is 5.91 Å². The number of anilines is 1. The van der Waals surface area contributed by atoms with Crippen molar-refractivity contribution in [2.24, 2.45) is 0 Å². The summed E-state index contributed by atoms with van der Waals surface area (Å²) in [5.74, 6) is 0.0434. The first-order valence-corrected chi connectivity index (χ1v) is 9.77. The molecule has 0 radical (unpaired) electrons. The Morgan fingerprint density at radius 3 is 2.52 bits per heavy atom. The maximum absolute atomic E-state index is 13.5. The lowest BCUT2D eigenvalue weighted by Crippen LogP contribution is -2.31. The molecule has 4 rings (SSSR count). The van der Waals surface area contributed by atoms with Crippen molar-refractivity contribution < 1.29 is 9.53 Å². The Bertz CT molecular complexity index is 1240. The lowest BCUT2D eigenvalue weighted by atomic mass is 10.00. The van der Waals surface area contributed by atoms with E-state index in [1.165, 1.54) is 7.11 Å². The predicted molar refractivity (Wildman–Crippen MR) is 122 cm³/mol. The minimum atomic E-state index is -0.585. The first-order chi connectivity index (χ1) is 15.1. The Morgan fingerprint density at radius 2 is 1.81 bits per heavy atom. The Hall–Kier alpha value is -4.19. The normalized spacial score (nSPS) is 11.6. The molecule has 154 valence electrons. The summed E-state index contributed by atoms with van der Waals surface area (Å²) in [4.78, 5) is 22.4. The second-order valence-corrected chi connectivity index (χ2v) is 7.00. The van der Waals surface area contributed by atoms with Crippen LogP contribution in [-0.2, 0) is 4.74 Å². The lowest BCUT2D eigenvalue weighted by Gasteiger charge is -2.22. The van der Waals surface area contributed by atoms with Crippen molar-refractivity contribution in [3.8, 4) is 11.3 Å². The number of rotatable bonds is 6. The number of carbonyl (C=O) groups is 1. The number of hydrogen-bond acceptors (Lipinski definition) is 5. The zero-order valence-electron chi connectivity index (χ0n) is 17.1. The van der Waals surface area contributed by atoms with Gasteiger partial charge in [0.05, 0.1) is 29.6 Å². The van der Waals surface area contributed by atoms with E-state index < -0.39 is 6.04 Å². The molecule has 0 aliphatic rings. The number of nitrogen functional groups attached to an aromatic ring is 1. The van der Waals surface area contributed by atoms with Crippen LogP contribution in [0.4, 0.5) is 5.69 Å². The van der Waals surface area contributed by atoms with E-state index in [0.717, 1.165) is 11.1 Å². The average molecular weight is 410 g/mol. The van der Waals surface area contributed by atoms with Gasteiger partial charge < -0.3 is 15.8 Å². The number of aromatic nitrogens is 2. The van der Waals surface area contributed by atoms with E-state index in [9.17, 15) is 4.79 Å². The lowest BCUT2D eigenvalue weighted by molar-refractivity contribution is 0.0931. The maximum atomic E-state index is 13.5. The molecular formula is C25H22N4O2. The van der Waals surface area contributed by atoms with Crippen molar-refractivity contribution in [2.75, 3.05) is 12.8 Å². The van der Waals surface area contributed by atoms with Gasteiger partial charge in [0.25, 0.3) is 5.91 Å². The highest BCUT2D eigenvalue weighted by Gasteiger charge is 2.24. The van der Waals surface area contributed by atoms with Gasteiger partial charge in [-0.15, -0.1) is 0 Å². The molecule has 0 saturated carbocycles. The monoisotopic (exact) mass is 410 g/mol. The van der Waals surface area contributed by atoms with Gasteiger partial charge in [-0.05, 0) is 12.1 Å². The van der Waals surface area contributed by atoms with Crippen LogP contribution < -0.4 is 11.1 Å². The van der Waals surface area contributed by atoms with Gasteiger partial charge in [0.1, 0.15) is 11.8 Å². The van der Waals surface area contributed by atoms with Crippen molar-refractivity contribution in [1.82, 2.24) is 15.3 Å². The molecule has 4 aromatic rings. The Morgan fingerprint density at radius 1 is 1.06 bits per heavy atom. The van der Waals surface area contributed by atoms with Crippen molar-refractivity contribution in [3.05, 3.63) is 103 Å². The SMILES string of the molecule is C=C(OC)C(NC(=O)c1c(N)c(-c2ccccc2)nc2ccccc12)c1cccnc1. The van der Waals surface area contributed by atoms with Crippen LogP contribution in [0.3, 0.4) is 0 Å². The summed E-state index contributed by atoms with van der Waals surface area (Å²) in [7, 11) is 1.52. The van der Waals surface area contributed by atoms with Gasteiger partial charge in [-0.3, -0.25) is 9.78 Å². The molecule has 0 spiro atoms. The summed E-state index contributed by atoms with van der Waals surface area (Å²) in [5, 5.41) is 3.67. The van der Waals surface area contributed by atoms with Crippen LogP contribution in [0, 0.1) is 0 Å². The Labute approximate surface area is 180 Å². The van der Waals surface area contributed by atoms with Crippen molar-refractivity contribution in [1.29, 1.82) is 0 Å². The van der Waals surface area contributed by atoms with Crippen molar-refractivity contribution in [3.63, 3.8) is 0 Å². The van der Waals surface area contributed by atoms with Crippen LogP contribution in [0.5, 0.6) is 0 Å². The van der Waals surface area contributed by atoms with Crippen LogP contribution in [0.1, 0.15) is 22.0 Å². The van der Waals surface area contributed by atoms with Crippen LogP contribution in [0.25, 0.3) is 22.2 Å². The molecule has 6 heteroatoms. The number of hydrogen-bond donors (Lipinski definition) is 2. The van der Waals surface area contributed by atoms with Gasteiger partial charge in [0, 0.05) is 28.9 Å². The molecule has 0 bridgehead atoms. The van der Waals surface area contributed by atoms with E-state index in [2.05, 4.69) is 16.9 Å². The second-order valence-electron chi connectivity index (χ2n) is 7.00. The second kappa shape index (κ2) is 8.67. The summed E-state index contributed by atoms with van der Waals surface area (Å²) in [6.45, 7) is 3.94. The highest BCUT2D eigenvalue weighted by Crippen LogP contribution is 2.33. The summed E-state index contributed by atoms with van der Waals surface area (Å²) in [6.07, 6.45) is 3.33. The third kappa shape index (κ3) is 3.96. The summed E-state index contributed by atoms with van der Waals surface area (Å²) in [6, 6.07) is 20.1. The molecule has 2 heterocycles. The quantitative estimate of drug-likeness (QED) is 0.457. The first kappa shape index (κ1) is 20.1. The topological polar surface area (TPSA) is 90.1 Å². The van der Waals surface area contributed by atoms with Crippen molar-refractivity contribution in [2.45, 2.75) is 6.04 Å². The summed E-state index contributed by atoms with van der Waals surface area (Å²) < 4.78 is 5.33. The van der Waals surface area contributed by atoms with E-state index in [0.29, 0.717) is 33.6 Å². The number of pyridine rings is 2. The third-order valence-corrected chi connectivity index (χ3v) is 5.08. The highest BCUT2D eigenvalue weighted by molar-refractivity contribution is 6.13.